The van der Waals surface area contributed by atoms with Gasteiger partial charge in [0.1, 0.15) is 11.8 Å². The van der Waals surface area contributed by atoms with E-state index >= 15 is 0 Å². The third-order valence-electron chi connectivity index (χ3n) is 5.47. The van der Waals surface area contributed by atoms with E-state index in [1.54, 1.807) is 4.90 Å². The molecule has 0 aromatic heterocycles. The molecule has 1 N–H and O–H groups in total. The molecule has 0 bridgehead atoms. The Balaban J connectivity index is 2.13. The Morgan fingerprint density at radius 2 is 1.75 bits per heavy atom. The maximum atomic E-state index is 13.2. The first-order valence-corrected chi connectivity index (χ1v) is 12.2. The highest BCUT2D eigenvalue weighted by molar-refractivity contribution is 9.10. The number of halogens is 1. The molecule has 0 saturated heterocycles. The van der Waals surface area contributed by atoms with Crippen LogP contribution in [0.2, 0.25) is 0 Å². The van der Waals surface area contributed by atoms with Gasteiger partial charge in [-0.3, -0.25) is 9.59 Å². The number of ether oxygens (including phenoxy) is 1. The topological polar surface area (TPSA) is 58.6 Å². The Morgan fingerprint density at radius 1 is 1.09 bits per heavy atom. The molecule has 0 spiro atoms. The number of carbonyl (C=O) groups is 2. The Labute approximate surface area is 200 Å². The van der Waals surface area contributed by atoms with Gasteiger partial charge in [-0.1, -0.05) is 66.5 Å². The van der Waals surface area contributed by atoms with Crippen molar-refractivity contribution >= 4 is 27.7 Å². The monoisotopic (exact) mass is 502 g/mol. The minimum atomic E-state index is -0.514. The number of hydrogen-bond acceptors (Lipinski definition) is 3. The number of unbranched alkanes of at least 4 members (excludes halogenated alkanes) is 1. The summed E-state index contributed by atoms with van der Waals surface area (Å²) in [5, 5.41) is 2.98. The zero-order chi connectivity index (χ0) is 23.5. The highest BCUT2D eigenvalue weighted by atomic mass is 79.9. The van der Waals surface area contributed by atoms with Gasteiger partial charge in [-0.15, -0.1) is 0 Å². The first-order valence-electron chi connectivity index (χ1n) is 11.4. The van der Waals surface area contributed by atoms with Gasteiger partial charge in [-0.2, -0.15) is 0 Å². The van der Waals surface area contributed by atoms with Crippen LogP contribution in [0, 0.1) is 13.8 Å². The lowest BCUT2D eigenvalue weighted by Crippen LogP contribution is -2.51. The lowest BCUT2D eigenvalue weighted by molar-refractivity contribution is -0.142. The molecular formula is C26H35BrN2O3. The summed E-state index contributed by atoms with van der Waals surface area (Å²) in [7, 11) is 0. The molecule has 1 atom stereocenters. The van der Waals surface area contributed by atoms with Crippen LogP contribution in [0.5, 0.6) is 5.75 Å². The Morgan fingerprint density at radius 3 is 2.34 bits per heavy atom. The van der Waals surface area contributed by atoms with Crippen LogP contribution >= 0.6 is 15.9 Å². The van der Waals surface area contributed by atoms with Gasteiger partial charge in [-0.25, -0.2) is 0 Å². The summed E-state index contributed by atoms with van der Waals surface area (Å²) in [6.45, 7) is 8.99. The van der Waals surface area contributed by atoms with Crippen molar-refractivity contribution in [1.29, 1.82) is 0 Å². The van der Waals surface area contributed by atoms with Gasteiger partial charge in [-0.05, 0) is 61.9 Å². The molecule has 2 aromatic carbocycles. The molecule has 174 valence electrons. The van der Waals surface area contributed by atoms with E-state index < -0.39 is 6.04 Å². The molecule has 0 aliphatic rings. The van der Waals surface area contributed by atoms with E-state index in [1.165, 1.54) is 0 Å². The zero-order valence-electron chi connectivity index (χ0n) is 19.6. The van der Waals surface area contributed by atoms with E-state index in [-0.39, 0.29) is 18.4 Å². The van der Waals surface area contributed by atoms with Crippen molar-refractivity contribution in [3.05, 3.63) is 63.6 Å². The van der Waals surface area contributed by atoms with E-state index in [2.05, 4.69) is 28.2 Å². The number of benzene rings is 2. The number of amides is 2. The van der Waals surface area contributed by atoms with Crippen LogP contribution in [0.25, 0.3) is 0 Å². The van der Waals surface area contributed by atoms with Crippen LogP contribution in [0.4, 0.5) is 0 Å². The summed E-state index contributed by atoms with van der Waals surface area (Å²) < 4.78 is 6.88. The summed E-state index contributed by atoms with van der Waals surface area (Å²) in [5.74, 6) is 0.370. The van der Waals surface area contributed by atoms with Gasteiger partial charge in [0.15, 0.2) is 6.61 Å². The molecule has 0 unspecified atom stereocenters. The van der Waals surface area contributed by atoms with Gasteiger partial charge in [0.2, 0.25) is 5.91 Å². The fraction of sp³-hybridized carbons (Fsp3) is 0.462. The van der Waals surface area contributed by atoms with Gasteiger partial charge < -0.3 is 15.0 Å². The fourth-order valence-electron chi connectivity index (χ4n) is 3.62. The predicted octanol–water partition coefficient (Wildman–Crippen LogP) is 5.21. The standard InChI is InChI=1S/C26H35BrN2O3/c1-5-7-14-28-26(31)23(6-2)29(15-13-21-11-9-8-10-12-21)24(30)18-32-22-16-19(3)25(27)20(4)17-22/h8-12,16-17,23H,5-7,13-15,18H2,1-4H3,(H,28,31)/t23-/m0/s1. The van der Waals surface area contributed by atoms with Crippen LogP contribution in [0.15, 0.2) is 46.9 Å². The molecular weight excluding hydrogens is 468 g/mol. The Hall–Kier alpha value is -2.34. The van der Waals surface area contributed by atoms with Crippen LogP contribution in [-0.4, -0.2) is 42.5 Å². The van der Waals surface area contributed by atoms with Gasteiger partial charge in [0, 0.05) is 17.6 Å². The quantitative estimate of drug-likeness (QED) is 0.405. The highest BCUT2D eigenvalue weighted by Gasteiger charge is 2.28. The van der Waals surface area contributed by atoms with E-state index in [4.69, 9.17) is 4.74 Å². The molecule has 2 amide bonds. The molecule has 32 heavy (non-hydrogen) atoms. The molecule has 6 heteroatoms. The second kappa shape index (κ2) is 13.3. The van der Waals surface area contributed by atoms with Crippen molar-refractivity contribution in [1.82, 2.24) is 10.2 Å². The number of hydrogen-bond donors (Lipinski definition) is 1. The molecule has 0 heterocycles. The van der Waals surface area contributed by atoms with Crippen molar-refractivity contribution in [3.8, 4) is 5.75 Å². The van der Waals surface area contributed by atoms with E-state index in [9.17, 15) is 9.59 Å². The minimum Gasteiger partial charge on any atom is -0.484 e. The summed E-state index contributed by atoms with van der Waals surface area (Å²) in [4.78, 5) is 27.8. The third-order valence-corrected chi connectivity index (χ3v) is 6.72. The van der Waals surface area contributed by atoms with Crippen molar-refractivity contribution in [2.45, 2.75) is 59.4 Å². The minimum absolute atomic E-state index is 0.0994. The van der Waals surface area contributed by atoms with Gasteiger partial charge in [0.25, 0.3) is 5.91 Å². The number of nitrogens with zero attached hydrogens (tertiary/aromatic N) is 1. The van der Waals surface area contributed by atoms with E-state index in [0.29, 0.717) is 31.7 Å². The summed E-state index contributed by atoms with van der Waals surface area (Å²) >= 11 is 3.55. The van der Waals surface area contributed by atoms with E-state index in [0.717, 1.165) is 34.0 Å². The lowest BCUT2D eigenvalue weighted by Gasteiger charge is -2.30. The average Bonchev–Trinajstić information content (AvgIpc) is 2.79. The maximum absolute atomic E-state index is 13.2. The van der Waals surface area contributed by atoms with Crippen molar-refractivity contribution < 1.29 is 14.3 Å². The van der Waals surface area contributed by atoms with Crippen molar-refractivity contribution in [2.24, 2.45) is 0 Å². The lowest BCUT2D eigenvalue weighted by atomic mass is 10.1. The third kappa shape index (κ3) is 7.66. The molecule has 5 nitrogen and oxygen atoms in total. The van der Waals surface area contributed by atoms with Crippen LogP contribution in [0.3, 0.4) is 0 Å². The largest absolute Gasteiger partial charge is 0.484 e. The number of nitrogens with one attached hydrogen (secondary N) is 1. The normalized spacial score (nSPS) is 11.7. The molecule has 0 radical (unpaired) electrons. The molecule has 2 aromatic rings. The van der Waals surface area contributed by atoms with Gasteiger partial charge in [0.05, 0.1) is 0 Å². The SMILES string of the molecule is CCCCNC(=O)[C@H](CC)N(CCc1ccccc1)C(=O)COc1cc(C)c(Br)c(C)c1. The number of rotatable bonds is 12. The molecule has 0 aliphatic carbocycles. The highest BCUT2D eigenvalue weighted by Crippen LogP contribution is 2.26. The number of aryl methyl sites for hydroxylation is 2. The fourth-order valence-corrected chi connectivity index (χ4v) is 3.85. The average molecular weight is 503 g/mol. The zero-order valence-corrected chi connectivity index (χ0v) is 21.2. The second-order valence-electron chi connectivity index (χ2n) is 8.05. The summed E-state index contributed by atoms with van der Waals surface area (Å²) in [6.07, 6.45) is 3.16. The Kier molecular flexibility index (Phi) is 10.7. The first kappa shape index (κ1) is 25.9. The van der Waals surface area contributed by atoms with Crippen LogP contribution in [-0.2, 0) is 16.0 Å². The van der Waals surface area contributed by atoms with Crippen molar-refractivity contribution in [2.75, 3.05) is 19.7 Å². The number of carbonyl (C=O) groups excluding carboxylic acids is 2. The van der Waals surface area contributed by atoms with Gasteiger partial charge >= 0.3 is 0 Å². The van der Waals surface area contributed by atoms with E-state index in [1.807, 2.05) is 63.2 Å². The second-order valence-corrected chi connectivity index (χ2v) is 8.84. The molecule has 0 fully saturated rings. The summed E-state index contributed by atoms with van der Waals surface area (Å²) in [5.41, 5.74) is 3.23. The summed E-state index contributed by atoms with van der Waals surface area (Å²) in [6, 6.07) is 13.3. The van der Waals surface area contributed by atoms with Crippen LogP contribution < -0.4 is 10.1 Å². The first-order chi connectivity index (χ1) is 15.4. The molecule has 2 rings (SSSR count). The molecule has 0 aliphatic heterocycles. The van der Waals surface area contributed by atoms with Crippen LogP contribution in [0.1, 0.15) is 49.8 Å². The molecule has 0 saturated carbocycles. The smallest absolute Gasteiger partial charge is 0.261 e. The Bertz CT molecular complexity index is 863. The van der Waals surface area contributed by atoms with Crippen molar-refractivity contribution in [3.63, 3.8) is 0 Å². The maximum Gasteiger partial charge on any atom is 0.261 e. The predicted molar refractivity (Wildman–Crippen MR) is 133 cm³/mol.